The number of nitrogens with zero attached hydrogens (tertiary/aromatic N) is 4. The fraction of sp³-hybridized carbons (Fsp3) is 0.364. The molecule has 2 aromatic rings. The summed E-state index contributed by atoms with van der Waals surface area (Å²) in [7, 11) is 0. The summed E-state index contributed by atoms with van der Waals surface area (Å²) in [5.74, 6) is 0.970. The minimum absolute atomic E-state index is 0.436. The maximum absolute atomic E-state index is 5.14. The molecule has 0 aromatic carbocycles. The average Bonchev–Trinajstić information content (AvgIpc) is 2.94. The Morgan fingerprint density at radius 3 is 2.56 bits per heavy atom. The summed E-state index contributed by atoms with van der Waals surface area (Å²) in [6.07, 6.45) is 11.9. The Balaban J connectivity index is 0.000000199. The first-order valence-electron chi connectivity index (χ1n) is 5.45. The van der Waals surface area contributed by atoms with Crippen molar-refractivity contribution in [2.24, 2.45) is 0 Å². The quantitative estimate of drug-likeness (QED) is 0.621. The van der Waals surface area contributed by atoms with E-state index in [2.05, 4.69) is 21.9 Å². The van der Waals surface area contributed by atoms with Crippen LogP contribution in [0.1, 0.15) is 13.3 Å². The average molecular weight is 284 g/mol. The van der Waals surface area contributed by atoms with E-state index in [9.17, 15) is 0 Å². The van der Waals surface area contributed by atoms with Crippen LogP contribution in [-0.4, -0.2) is 30.9 Å². The van der Waals surface area contributed by atoms with E-state index in [1.54, 1.807) is 42.9 Å². The highest BCUT2D eigenvalue weighted by molar-refractivity contribution is 7.97. The maximum Gasteiger partial charge on any atom is 0.328 e. The van der Waals surface area contributed by atoms with Crippen molar-refractivity contribution >= 4 is 24.0 Å². The Morgan fingerprint density at radius 1 is 1.28 bits per heavy atom. The van der Waals surface area contributed by atoms with Crippen LogP contribution in [0.4, 0.5) is 0 Å². The van der Waals surface area contributed by atoms with Crippen molar-refractivity contribution in [1.29, 1.82) is 0 Å². The molecule has 2 aromatic heterocycles. The molecule has 0 unspecified atom stereocenters. The maximum atomic E-state index is 5.14. The number of aromatic nitrogens is 4. The highest BCUT2D eigenvalue weighted by Gasteiger charge is 1.93. The molecule has 0 aliphatic heterocycles. The van der Waals surface area contributed by atoms with Gasteiger partial charge in [-0.05, 0) is 24.4 Å². The third kappa shape index (κ3) is 6.51. The van der Waals surface area contributed by atoms with Crippen molar-refractivity contribution in [3.8, 4) is 6.01 Å². The number of hydrogen-bond donors (Lipinski definition) is 0. The van der Waals surface area contributed by atoms with Gasteiger partial charge in [0, 0.05) is 36.8 Å². The molecule has 98 valence electrons. The molecule has 2 heterocycles. The van der Waals surface area contributed by atoms with Crippen LogP contribution in [0.15, 0.2) is 37.2 Å². The van der Waals surface area contributed by atoms with Crippen molar-refractivity contribution < 1.29 is 4.18 Å². The molecular weight excluding hydrogens is 268 g/mol. The fourth-order valence-electron chi connectivity index (χ4n) is 0.861. The Hall–Kier alpha value is -1.21. The highest BCUT2D eigenvalue weighted by atomic mass is 32.2. The van der Waals surface area contributed by atoms with Crippen molar-refractivity contribution in [3.05, 3.63) is 37.2 Å². The summed E-state index contributed by atoms with van der Waals surface area (Å²) < 4.78 is 7.07. The summed E-state index contributed by atoms with van der Waals surface area (Å²) in [6.45, 7) is 2.10. The Bertz CT molecular complexity index is 397. The zero-order chi connectivity index (χ0) is 13.1. The Kier molecular flexibility index (Phi) is 8.07. The summed E-state index contributed by atoms with van der Waals surface area (Å²) >= 11 is 3.01. The lowest BCUT2D eigenvalue weighted by Crippen LogP contribution is -1.89. The van der Waals surface area contributed by atoms with E-state index in [0.717, 1.165) is 12.2 Å². The molecule has 0 spiro atoms. The van der Waals surface area contributed by atoms with E-state index >= 15 is 0 Å². The lowest BCUT2D eigenvalue weighted by atomic mass is 10.6. The lowest BCUT2D eigenvalue weighted by Gasteiger charge is -1.98. The molecule has 18 heavy (non-hydrogen) atoms. The SMILES string of the molecule is CCCSOc1ncccn1.CSn1ccnc1. The lowest BCUT2D eigenvalue weighted by molar-refractivity contribution is 0.583. The molecule has 0 atom stereocenters. The summed E-state index contributed by atoms with van der Waals surface area (Å²) in [5, 5.41) is 0. The van der Waals surface area contributed by atoms with Crippen molar-refractivity contribution in [3.63, 3.8) is 0 Å². The third-order valence-electron chi connectivity index (χ3n) is 1.65. The first-order valence-corrected chi connectivity index (χ1v) is 7.55. The van der Waals surface area contributed by atoms with Gasteiger partial charge in [0.2, 0.25) is 0 Å². The van der Waals surface area contributed by atoms with E-state index in [4.69, 9.17) is 4.18 Å². The van der Waals surface area contributed by atoms with Crippen LogP contribution in [0.5, 0.6) is 6.01 Å². The van der Waals surface area contributed by atoms with E-state index in [1.165, 1.54) is 12.0 Å². The topological polar surface area (TPSA) is 52.8 Å². The minimum Gasteiger partial charge on any atom is -0.389 e. The highest BCUT2D eigenvalue weighted by Crippen LogP contribution is 2.08. The normalized spacial score (nSPS) is 9.44. The van der Waals surface area contributed by atoms with Crippen molar-refractivity contribution in [2.75, 3.05) is 12.0 Å². The van der Waals surface area contributed by atoms with E-state index in [-0.39, 0.29) is 0 Å². The van der Waals surface area contributed by atoms with Crippen molar-refractivity contribution in [2.45, 2.75) is 13.3 Å². The van der Waals surface area contributed by atoms with Gasteiger partial charge >= 0.3 is 6.01 Å². The zero-order valence-corrected chi connectivity index (χ0v) is 12.0. The van der Waals surface area contributed by atoms with E-state index in [1.807, 2.05) is 16.4 Å². The molecule has 0 aliphatic rings. The van der Waals surface area contributed by atoms with Gasteiger partial charge in [-0.3, -0.25) is 3.97 Å². The van der Waals surface area contributed by atoms with Gasteiger partial charge in [-0.2, -0.15) is 0 Å². The molecule has 0 radical (unpaired) electrons. The smallest absolute Gasteiger partial charge is 0.328 e. The largest absolute Gasteiger partial charge is 0.389 e. The van der Waals surface area contributed by atoms with Gasteiger partial charge in [0.1, 0.15) is 6.33 Å². The van der Waals surface area contributed by atoms with Gasteiger partial charge in [0.15, 0.2) is 0 Å². The molecular formula is C11H16N4OS2. The number of hydrogen-bond acceptors (Lipinski definition) is 6. The van der Waals surface area contributed by atoms with Crippen LogP contribution in [0.25, 0.3) is 0 Å². The second kappa shape index (κ2) is 9.78. The monoisotopic (exact) mass is 284 g/mol. The van der Waals surface area contributed by atoms with Gasteiger partial charge in [-0.1, -0.05) is 6.92 Å². The zero-order valence-electron chi connectivity index (χ0n) is 10.4. The third-order valence-corrected chi connectivity index (χ3v) is 3.13. The van der Waals surface area contributed by atoms with E-state index in [0.29, 0.717) is 6.01 Å². The molecule has 5 nitrogen and oxygen atoms in total. The molecule has 0 bridgehead atoms. The number of rotatable bonds is 5. The van der Waals surface area contributed by atoms with Crippen LogP contribution >= 0.6 is 24.0 Å². The van der Waals surface area contributed by atoms with Crippen molar-refractivity contribution in [1.82, 2.24) is 18.9 Å². The predicted molar refractivity (Wildman–Crippen MR) is 76.5 cm³/mol. The summed E-state index contributed by atoms with van der Waals surface area (Å²) in [5.41, 5.74) is 0. The summed E-state index contributed by atoms with van der Waals surface area (Å²) in [4.78, 5) is 11.6. The number of imidazole rings is 1. The Labute approximate surface area is 116 Å². The van der Waals surface area contributed by atoms with Gasteiger partial charge in [-0.25, -0.2) is 15.0 Å². The molecule has 7 heteroatoms. The molecule has 0 amide bonds. The standard InChI is InChI=1S/C7H10N2OS.C4H6N2S/c1-2-6-11-10-7-8-4-3-5-9-7;1-7-6-3-2-5-4-6/h3-5H,2,6H2,1H3;2-4H,1H3. The van der Waals surface area contributed by atoms with Crippen LogP contribution in [-0.2, 0) is 0 Å². The van der Waals surface area contributed by atoms with Gasteiger partial charge < -0.3 is 4.18 Å². The second-order valence-corrected chi connectivity index (χ2v) is 4.64. The van der Waals surface area contributed by atoms with Crippen LogP contribution in [0.2, 0.25) is 0 Å². The Morgan fingerprint density at radius 2 is 2.06 bits per heavy atom. The molecule has 0 saturated carbocycles. The fourth-order valence-corrected chi connectivity index (χ4v) is 1.63. The minimum atomic E-state index is 0.436. The molecule has 0 fully saturated rings. The first-order chi connectivity index (χ1) is 8.86. The van der Waals surface area contributed by atoms with Crippen LogP contribution in [0, 0.1) is 0 Å². The van der Waals surface area contributed by atoms with Gasteiger partial charge in [-0.15, -0.1) is 0 Å². The van der Waals surface area contributed by atoms with Crippen LogP contribution < -0.4 is 4.18 Å². The van der Waals surface area contributed by atoms with E-state index < -0.39 is 0 Å². The van der Waals surface area contributed by atoms with Gasteiger partial charge in [0.05, 0.1) is 12.0 Å². The van der Waals surface area contributed by atoms with Gasteiger partial charge in [0.25, 0.3) is 0 Å². The first kappa shape index (κ1) is 14.8. The molecule has 0 aliphatic carbocycles. The molecule has 2 rings (SSSR count). The molecule has 0 N–H and O–H groups in total. The van der Waals surface area contributed by atoms with Crippen LogP contribution in [0.3, 0.4) is 0 Å². The molecule has 0 saturated heterocycles. The second-order valence-electron chi connectivity index (χ2n) is 3.04. The summed E-state index contributed by atoms with van der Waals surface area (Å²) in [6, 6.07) is 2.20. The predicted octanol–water partition coefficient (Wildman–Crippen LogP) is 2.92.